The number of carbonyl (C=O) groups excluding carboxylic acids is 1. The Morgan fingerprint density at radius 1 is 1.56 bits per heavy atom. The maximum Gasteiger partial charge on any atom is 0.180 e. The van der Waals surface area contributed by atoms with Crippen molar-refractivity contribution in [2.75, 3.05) is 6.54 Å². The lowest BCUT2D eigenvalue weighted by Crippen LogP contribution is -2.34. The van der Waals surface area contributed by atoms with Crippen LogP contribution in [0.5, 0.6) is 0 Å². The quantitative estimate of drug-likeness (QED) is 0.648. The van der Waals surface area contributed by atoms with Gasteiger partial charge in [-0.15, -0.1) is 6.58 Å². The summed E-state index contributed by atoms with van der Waals surface area (Å²) < 4.78 is 0. The molecule has 0 saturated carbocycles. The van der Waals surface area contributed by atoms with Crippen molar-refractivity contribution in [1.29, 1.82) is 0 Å². The highest BCUT2D eigenvalue weighted by molar-refractivity contribution is 6.37. The highest BCUT2D eigenvalue weighted by atomic mass is 35.5. The molecule has 1 rings (SSSR count). The van der Waals surface area contributed by atoms with E-state index in [0.717, 1.165) is 0 Å². The van der Waals surface area contributed by atoms with E-state index in [9.17, 15) is 4.79 Å². The first-order valence-corrected chi connectivity index (χ1v) is 5.65. The summed E-state index contributed by atoms with van der Waals surface area (Å²) in [4.78, 5) is 12.0. The van der Waals surface area contributed by atoms with Gasteiger partial charge in [0.1, 0.15) is 0 Å². The molecule has 0 spiro atoms. The molecule has 1 N–H and O–H groups in total. The molecule has 86 valence electrons. The Morgan fingerprint density at radius 2 is 2.25 bits per heavy atom. The van der Waals surface area contributed by atoms with Gasteiger partial charge in [-0.05, 0) is 25.1 Å². The van der Waals surface area contributed by atoms with Crippen LogP contribution >= 0.6 is 23.2 Å². The van der Waals surface area contributed by atoms with Crippen molar-refractivity contribution in [2.24, 2.45) is 0 Å². The zero-order valence-corrected chi connectivity index (χ0v) is 10.5. The number of carbonyl (C=O) groups is 1. The Balaban J connectivity index is 2.83. The predicted molar refractivity (Wildman–Crippen MR) is 68.5 cm³/mol. The number of hydrogen-bond acceptors (Lipinski definition) is 2. The zero-order valence-electron chi connectivity index (χ0n) is 8.97. The maximum absolute atomic E-state index is 12.0. The van der Waals surface area contributed by atoms with Crippen LogP contribution in [0, 0.1) is 0 Å². The standard InChI is InChI=1S/C12H13Cl2NO/c1-3-6-15-8(2)12(16)10-5-4-9(13)7-11(10)14/h3-5,7-8,15H,1,6H2,2H3. The van der Waals surface area contributed by atoms with Crippen molar-refractivity contribution < 1.29 is 4.79 Å². The Hall–Kier alpha value is -0.830. The van der Waals surface area contributed by atoms with Crippen LogP contribution in [0.25, 0.3) is 0 Å². The third-order valence-electron chi connectivity index (χ3n) is 2.16. The molecule has 4 heteroatoms. The molecule has 0 saturated heterocycles. The third-order valence-corrected chi connectivity index (χ3v) is 2.71. The van der Waals surface area contributed by atoms with Gasteiger partial charge in [0.05, 0.1) is 11.1 Å². The Kier molecular flexibility index (Phi) is 5.00. The molecule has 1 aromatic rings. The smallest absolute Gasteiger partial charge is 0.180 e. The lowest BCUT2D eigenvalue weighted by molar-refractivity contribution is 0.0953. The number of hydrogen-bond donors (Lipinski definition) is 1. The fraction of sp³-hybridized carbons (Fsp3) is 0.250. The SMILES string of the molecule is C=CCNC(C)C(=O)c1ccc(Cl)cc1Cl. The first kappa shape index (κ1) is 13.2. The van der Waals surface area contributed by atoms with Crippen LogP contribution in [0.2, 0.25) is 10.0 Å². The second-order valence-corrected chi connectivity index (χ2v) is 4.25. The van der Waals surface area contributed by atoms with E-state index in [1.807, 2.05) is 0 Å². The van der Waals surface area contributed by atoms with Crippen LogP contribution in [-0.2, 0) is 0 Å². The number of benzene rings is 1. The third kappa shape index (κ3) is 3.34. The molecule has 1 aromatic carbocycles. The molecule has 0 aliphatic rings. The Bertz CT molecular complexity index is 404. The van der Waals surface area contributed by atoms with Crippen LogP contribution in [0.4, 0.5) is 0 Å². The number of nitrogens with one attached hydrogen (secondary N) is 1. The average Bonchev–Trinajstić information content (AvgIpc) is 2.25. The number of Topliss-reactive ketones (excluding diaryl/α,β-unsaturated/α-hetero) is 1. The van der Waals surface area contributed by atoms with Crippen LogP contribution in [0.15, 0.2) is 30.9 Å². The molecular formula is C12H13Cl2NO. The molecule has 1 unspecified atom stereocenters. The van der Waals surface area contributed by atoms with Gasteiger partial charge < -0.3 is 5.32 Å². The van der Waals surface area contributed by atoms with Crippen molar-refractivity contribution in [3.63, 3.8) is 0 Å². The van der Waals surface area contributed by atoms with Gasteiger partial charge in [-0.3, -0.25) is 4.79 Å². The van der Waals surface area contributed by atoms with E-state index in [1.54, 1.807) is 31.2 Å². The number of halogens is 2. The molecule has 16 heavy (non-hydrogen) atoms. The van der Waals surface area contributed by atoms with E-state index in [1.165, 1.54) is 0 Å². The van der Waals surface area contributed by atoms with E-state index in [0.29, 0.717) is 22.2 Å². The molecule has 0 fully saturated rings. The Labute approximate surface area is 105 Å². The van der Waals surface area contributed by atoms with Gasteiger partial charge in [0.2, 0.25) is 0 Å². The van der Waals surface area contributed by atoms with Gasteiger partial charge in [0, 0.05) is 17.1 Å². The van der Waals surface area contributed by atoms with Crippen LogP contribution < -0.4 is 5.32 Å². The summed E-state index contributed by atoms with van der Waals surface area (Å²) in [5.74, 6) is -0.0523. The summed E-state index contributed by atoms with van der Waals surface area (Å²) in [6.45, 7) is 5.95. The molecule has 0 aliphatic heterocycles. The highest BCUT2D eigenvalue weighted by Gasteiger charge is 2.16. The molecule has 2 nitrogen and oxygen atoms in total. The van der Waals surface area contributed by atoms with E-state index in [2.05, 4.69) is 11.9 Å². The van der Waals surface area contributed by atoms with Crippen LogP contribution in [0.3, 0.4) is 0 Å². The van der Waals surface area contributed by atoms with Crippen molar-refractivity contribution in [3.8, 4) is 0 Å². The van der Waals surface area contributed by atoms with E-state index in [4.69, 9.17) is 23.2 Å². The topological polar surface area (TPSA) is 29.1 Å². The predicted octanol–water partition coefficient (Wildman–Crippen LogP) is 3.34. The first-order chi connectivity index (χ1) is 7.56. The van der Waals surface area contributed by atoms with Gasteiger partial charge in [-0.1, -0.05) is 29.3 Å². The normalized spacial score (nSPS) is 12.2. The van der Waals surface area contributed by atoms with E-state index < -0.39 is 0 Å². The largest absolute Gasteiger partial charge is 0.304 e. The average molecular weight is 258 g/mol. The van der Waals surface area contributed by atoms with E-state index >= 15 is 0 Å². The summed E-state index contributed by atoms with van der Waals surface area (Å²) in [5, 5.41) is 3.91. The van der Waals surface area contributed by atoms with Crippen molar-refractivity contribution in [3.05, 3.63) is 46.5 Å². The minimum atomic E-state index is -0.295. The number of ketones is 1. The maximum atomic E-state index is 12.0. The minimum absolute atomic E-state index is 0.0523. The highest BCUT2D eigenvalue weighted by Crippen LogP contribution is 2.22. The molecule has 1 atom stereocenters. The summed E-state index contributed by atoms with van der Waals surface area (Å²) in [5.41, 5.74) is 0.482. The fourth-order valence-corrected chi connectivity index (χ4v) is 1.78. The van der Waals surface area contributed by atoms with Crippen LogP contribution in [0.1, 0.15) is 17.3 Å². The van der Waals surface area contributed by atoms with Gasteiger partial charge in [0.15, 0.2) is 5.78 Å². The van der Waals surface area contributed by atoms with Crippen molar-refractivity contribution in [1.82, 2.24) is 5.32 Å². The summed E-state index contributed by atoms with van der Waals surface area (Å²) in [7, 11) is 0. The minimum Gasteiger partial charge on any atom is -0.304 e. The molecule has 0 radical (unpaired) electrons. The van der Waals surface area contributed by atoms with Gasteiger partial charge >= 0.3 is 0 Å². The van der Waals surface area contributed by atoms with Crippen LogP contribution in [-0.4, -0.2) is 18.4 Å². The second kappa shape index (κ2) is 6.04. The summed E-state index contributed by atoms with van der Waals surface area (Å²) in [6.07, 6.45) is 1.70. The first-order valence-electron chi connectivity index (χ1n) is 4.89. The lowest BCUT2D eigenvalue weighted by Gasteiger charge is -2.12. The van der Waals surface area contributed by atoms with Crippen molar-refractivity contribution >= 4 is 29.0 Å². The van der Waals surface area contributed by atoms with Gasteiger partial charge in [-0.25, -0.2) is 0 Å². The molecule has 0 aromatic heterocycles. The molecule has 0 heterocycles. The molecule has 0 amide bonds. The van der Waals surface area contributed by atoms with Gasteiger partial charge in [-0.2, -0.15) is 0 Å². The molecule has 0 bridgehead atoms. The number of rotatable bonds is 5. The van der Waals surface area contributed by atoms with E-state index in [-0.39, 0.29) is 11.8 Å². The molecule has 0 aliphatic carbocycles. The molecular weight excluding hydrogens is 245 g/mol. The van der Waals surface area contributed by atoms with Gasteiger partial charge in [0.25, 0.3) is 0 Å². The second-order valence-electron chi connectivity index (χ2n) is 3.41. The Morgan fingerprint density at radius 3 is 2.81 bits per heavy atom. The summed E-state index contributed by atoms with van der Waals surface area (Å²) >= 11 is 11.7. The lowest BCUT2D eigenvalue weighted by atomic mass is 10.1. The fourth-order valence-electron chi connectivity index (χ4n) is 1.28. The zero-order chi connectivity index (χ0) is 12.1. The monoisotopic (exact) mass is 257 g/mol. The summed E-state index contributed by atoms with van der Waals surface area (Å²) in [6, 6.07) is 4.56. The van der Waals surface area contributed by atoms with Crippen molar-refractivity contribution in [2.45, 2.75) is 13.0 Å².